The molecule has 3 heterocycles. The first-order valence-corrected chi connectivity index (χ1v) is 6.78. The fourth-order valence-corrected chi connectivity index (χ4v) is 2.80. The molecule has 1 N–H and O–H groups in total. The van der Waals surface area contributed by atoms with Crippen LogP contribution in [0.2, 0.25) is 0 Å². The van der Waals surface area contributed by atoms with E-state index in [1.807, 2.05) is 0 Å². The van der Waals surface area contributed by atoms with Gasteiger partial charge in [0.1, 0.15) is 0 Å². The summed E-state index contributed by atoms with van der Waals surface area (Å²) in [5, 5.41) is 13.7. The molecule has 0 saturated carbocycles. The van der Waals surface area contributed by atoms with E-state index in [-0.39, 0.29) is 18.8 Å². The van der Waals surface area contributed by atoms with E-state index in [9.17, 15) is 13.2 Å². The van der Waals surface area contributed by atoms with Crippen molar-refractivity contribution in [2.24, 2.45) is 0 Å². The van der Waals surface area contributed by atoms with E-state index >= 15 is 0 Å². The number of halogens is 3. The molecule has 0 aliphatic carbocycles. The van der Waals surface area contributed by atoms with Crippen LogP contribution in [0.4, 0.5) is 13.2 Å². The first-order valence-electron chi connectivity index (χ1n) is 6.01. The van der Waals surface area contributed by atoms with Crippen LogP contribution >= 0.6 is 11.5 Å². The SMILES string of the molecule is FC(F)(F)C1(c2nnn(Cc3ccns3)n2)CCCN1. The van der Waals surface area contributed by atoms with Gasteiger partial charge in [-0.1, -0.05) is 0 Å². The Morgan fingerprint density at radius 3 is 2.90 bits per heavy atom. The molecule has 2 aromatic rings. The van der Waals surface area contributed by atoms with E-state index in [1.54, 1.807) is 12.3 Å². The number of nitrogens with zero attached hydrogens (tertiary/aromatic N) is 5. The summed E-state index contributed by atoms with van der Waals surface area (Å²) in [6.45, 7) is 0.564. The van der Waals surface area contributed by atoms with Gasteiger partial charge in [0.15, 0.2) is 5.54 Å². The van der Waals surface area contributed by atoms with Crippen molar-refractivity contribution in [3.05, 3.63) is 23.0 Å². The summed E-state index contributed by atoms with van der Waals surface area (Å²) in [5.74, 6) is -0.313. The quantitative estimate of drug-likeness (QED) is 0.926. The minimum atomic E-state index is -4.44. The second-order valence-corrected chi connectivity index (χ2v) is 5.47. The van der Waals surface area contributed by atoms with Gasteiger partial charge >= 0.3 is 6.18 Å². The first-order chi connectivity index (χ1) is 9.51. The van der Waals surface area contributed by atoms with Crippen LogP contribution < -0.4 is 5.32 Å². The molecule has 6 nitrogen and oxygen atoms in total. The molecule has 0 spiro atoms. The molecule has 0 amide bonds. The van der Waals surface area contributed by atoms with Gasteiger partial charge in [-0.05, 0) is 42.2 Å². The maximum Gasteiger partial charge on any atom is 0.414 e. The van der Waals surface area contributed by atoms with E-state index in [1.165, 1.54) is 11.5 Å². The van der Waals surface area contributed by atoms with Crippen molar-refractivity contribution >= 4 is 11.5 Å². The lowest BCUT2D eigenvalue weighted by molar-refractivity contribution is -0.198. The van der Waals surface area contributed by atoms with Gasteiger partial charge < -0.3 is 0 Å². The highest BCUT2D eigenvalue weighted by molar-refractivity contribution is 7.05. The maximum atomic E-state index is 13.3. The van der Waals surface area contributed by atoms with Crippen LogP contribution in [0.5, 0.6) is 0 Å². The van der Waals surface area contributed by atoms with Gasteiger partial charge in [-0.15, -0.1) is 10.2 Å². The normalized spacial score (nSPS) is 23.4. The third kappa shape index (κ3) is 2.18. The number of rotatable bonds is 3. The molecule has 3 rings (SSSR count). The Balaban J connectivity index is 1.88. The van der Waals surface area contributed by atoms with Gasteiger partial charge in [-0.25, -0.2) is 4.37 Å². The average Bonchev–Trinajstić information content (AvgIpc) is 3.08. The highest BCUT2D eigenvalue weighted by atomic mass is 32.1. The lowest BCUT2D eigenvalue weighted by Crippen LogP contribution is -2.50. The molecular formula is C10H11F3N6S. The summed E-state index contributed by atoms with van der Waals surface area (Å²) in [4.78, 5) is 2.02. The molecule has 1 aliphatic heterocycles. The molecular weight excluding hydrogens is 293 g/mol. The Morgan fingerprint density at radius 1 is 1.45 bits per heavy atom. The van der Waals surface area contributed by atoms with Crippen LogP contribution in [0.3, 0.4) is 0 Å². The molecule has 1 saturated heterocycles. The number of alkyl halides is 3. The smallest absolute Gasteiger partial charge is 0.297 e. The Bertz CT molecular complexity index is 572. The van der Waals surface area contributed by atoms with Crippen molar-refractivity contribution in [2.75, 3.05) is 6.54 Å². The zero-order valence-electron chi connectivity index (χ0n) is 10.3. The predicted molar refractivity (Wildman–Crippen MR) is 64.0 cm³/mol. The fourth-order valence-electron chi connectivity index (χ4n) is 2.25. The minimum Gasteiger partial charge on any atom is -0.297 e. The molecule has 10 heteroatoms. The van der Waals surface area contributed by atoms with Crippen LogP contribution in [0.15, 0.2) is 12.3 Å². The van der Waals surface area contributed by atoms with E-state index < -0.39 is 11.7 Å². The van der Waals surface area contributed by atoms with Crippen molar-refractivity contribution in [1.29, 1.82) is 0 Å². The second kappa shape index (κ2) is 4.77. The fraction of sp³-hybridized carbons (Fsp3) is 0.600. The van der Waals surface area contributed by atoms with Gasteiger partial charge in [0.05, 0.1) is 6.54 Å². The third-order valence-electron chi connectivity index (χ3n) is 3.26. The molecule has 1 unspecified atom stereocenters. The molecule has 0 radical (unpaired) electrons. The third-order valence-corrected chi connectivity index (χ3v) is 3.99. The van der Waals surface area contributed by atoms with Crippen molar-refractivity contribution < 1.29 is 13.2 Å². The molecule has 1 fully saturated rings. The minimum absolute atomic E-state index is 0.0667. The van der Waals surface area contributed by atoms with Crippen molar-refractivity contribution in [1.82, 2.24) is 29.9 Å². The number of hydrogen-bond donors (Lipinski definition) is 1. The monoisotopic (exact) mass is 304 g/mol. The second-order valence-electron chi connectivity index (χ2n) is 4.56. The lowest BCUT2D eigenvalue weighted by Gasteiger charge is -2.28. The Morgan fingerprint density at radius 2 is 2.30 bits per heavy atom. The van der Waals surface area contributed by atoms with Crippen molar-refractivity contribution in [3.63, 3.8) is 0 Å². The topological polar surface area (TPSA) is 68.5 Å². The molecule has 2 aromatic heterocycles. The summed E-state index contributed by atoms with van der Waals surface area (Å²) >= 11 is 1.25. The van der Waals surface area contributed by atoms with Crippen LogP contribution in [-0.2, 0) is 12.1 Å². The van der Waals surface area contributed by atoms with Crippen LogP contribution in [0, 0.1) is 0 Å². The lowest BCUT2D eigenvalue weighted by atomic mass is 9.96. The van der Waals surface area contributed by atoms with Gasteiger partial charge in [0.25, 0.3) is 0 Å². The zero-order chi connectivity index (χ0) is 14.2. The van der Waals surface area contributed by atoms with Crippen molar-refractivity contribution in [3.8, 4) is 0 Å². The summed E-state index contributed by atoms with van der Waals surface area (Å²) in [6.07, 6.45) is -2.46. The molecule has 1 aliphatic rings. The average molecular weight is 304 g/mol. The summed E-state index contributed by atoms with van der Waals surface area (Å²) in [5.41, 5.74) is -2.17. The first kappa shape index (κ1) is 13.4. The van der Waals surface area contributed by atoms with Gasteiger partial charge in [0, 0.05) is 11.1 Å². The van der Waals surface area contributed by atoms with Crippen LogP contribution in [0.1, 0.15) is 23.5 Å². The Hall–Kier alpha value is -1.55. The van der Waals surface area contributed by atoms with Gasteiger partial charge in [-0.3, -0.25) is 5.32 Å². The van der Waals surface area contributed by atoms with Gasteiger partial charge in [-0.2, -0.15) is 18.0 Å². The summed E-state index contributed by atoms with van der Waals surface area (Å²) in [7, 11) is 0. The number of aromatic nitrogens is 5. The van der Waals surface area contributed by atoms with Crippen LogP contribution in [-0.4, -0.2) is 37.3 Å². The van der Waals surface area contributed by atoms with E-state index in [4.69, 9.17) is 0 Å². The highest BCUT2D eigenvalue weighted by Gasteiger charge is 2.60. The number of hydrogen-bond acceptors (Lipinski definition) is 6. The Labute approximate surface area is 116 Å². The molecule has 1 atom stereocenters. The Kier molecular flexibility index (Phi) is 3.21. The molecule has 20 heavy (non-hydrogen) atoms. The highest BCUT2D eigenvalue weighted by Crippen LogP contribution is 2.43. The van der Waals surface area contributed by atoms with E-state index in [2.05, 4.69) is 25.1 Å². The standard InChI is InChI=1S/C10H11F3N6S/c11-10(12,13)9(3-1-4-14-9)8-16-18-19(17-8)6-7-2-5-15-20-7/h2,5,14H,1,3-4,6H2. The zero-order valence-corrected chi connectivity index (χ0v) is 11.1. The van der Waals surface area contributed by atoms with Gasteiger partial charge in [0.2, 0.25) is 5.82 Å². The largest absolute Gasteiger partial charge is 0.414 e. The predicted octanol–water partition coefficient (Wildman–Crippen LogP) is 1.32. The maximum absolute atomic E-state index is 13.3. The van der Waals surface area contributed by atoms with E-state index in [0.717, 1.165) is 9.67 Å². The molecule has 0 bridgehead atoms. The number of tetrazole rings is 1. The molecule has 0 aromatic carbocycles. The van der Waals surface area contributed by atoms with Crippen molar-refractivity contribution in [2.45, 2.75) is 31.1 Å². The summed E-state index contributed by atoms with van der Waals surface area (Å²) < 4.78 is 43.8. The number of nitrogens with one attached hydrogen (secondary N) is 1. The summed E-state index contributed by atoms with van der Waals surface area (Å²) in [6, 6.07) is 1.76. The molecule has 108 valence electrons. The van der Waals surface area contributed by atoms with E-state index in [0.29, 0.717) is 13.0 Å². The van der Waals surface area contributed by atoms with Crippen LogP contribution in [0.25, 0.3) is 0 Å².